The van der Waals surface area contributed by atoms with Gasteiger partial charge < -0.3 is 15.7 Å². The van der Waals surface area contributed by atoms with Crippen LogP contribution in [-0.2, 0) is 11.2 Å². The normalized spacial score (nSPS) is 19.2. The molecule has 0 bridgehead atoms. The summed E-state index contributed by atoms with van der Waals surface area (Å²) in [6.45, 7) is 0.631. The zero-order valence-electron chi connectivity index (χ0n) is 11.9. The summed E-state index contributed by atoms with van der Waals surface area (Å²) >= 11 is 0. The van der Waals surface area contributed by atoms with Crippen LogP contribution < -0.4 is 10.6 Å². The molecule has 1 aromatic rings. The maximum absolute atomic E-state index is 12.2. The second kappa shape index (κ2) is 5.48. The van der Waals surface area contributed by atoms with Gasteiger partial charge in [0, 0.05) is 23.2 Å². The Bertz CT molecular complexity index is 577. The van der Waals surface area contributed by atoms with E-state index in [1.165, 1.54) is 0 Å². The van der Waals surface area contributed by atoms with Gasteiger partial charge in [-0.3, -0.25) is 9.59 Å². The Morgan fingerprint density at radius 2 is 2.10 bits per heavy atom. The average molecular weight is 288 g/mol. The van der Waals surface area contributed by atoms with E-state index in [2.05, 4.69) is 10.6 Å². The number of anilines is 1. The molecule has 1 heterocycles. The van der Waals surface area contributed by atoms with E-state index in [-0.39, 0.29) is 23.8 Å². The summed E-state index contributed by atoms with van der Waals surface area (Å²) in [4.78, 5) is 23.6. The van der Waals surface area contributed by atoms with Crippen molar-refractivity contribution in [3.8, 4) is 0 Å². The number of hydrogen-bond donors (Lipinski definition) is 3. The number of carbonyl (C=O) groups excluding carboxylic acids is 2. The lowest BCUT2D eigenvalue weighted by atomic mass is 9.87. The van der Waals surface area contributed by atoms with Crippen LogP contribution in [0.4, 0.5) is 5.69 Å². The first kappa shape index (κ1) is 14.1. The quantitative estimate of drug-likeness (QED) is 0.785. The summed E-state index contributed by atoms with van der Waals surface area (Å²) in [7, 11) is 0. The number of rotatable bonds is 4. The van der Waals surface area contributed by atoms with E-state index in [4.69, 9.17) is 0 Å². The van der Waals surface area contributed by atoms with Gasteiger partial charge in [-0.2, -0.15) is 0 Å². The molecule has 5 nitrogen and oxygen atoms in total. The van der Waals surface area contributed by atoms with Gasteiger partial charge in [-0.05, 0) is 36.6 Å². The van der Waals surface area contributed by atoms with Crippen LogP contribution in [0.3, 0.4) is 0 Å². The largest absolute Gasteiger partial charge is 0.396 e. The Balaban J connectivity index is 1.66. The van der Waals surface area contributed by atoms with Gasteiger partial charge in [0.25, 0.3) is 5.91 Å². The zero-order valence-corrected chi connectivity index (χ0v) is 11.9. The molecule has 21 heavy (non-hydrogen) atoms. The molecule has 1 aliphatic heterocycles. The molecular formula is C16H20N2O3. The van der Waals surface area contributed by atoms with Crippen LogP contribution in [0.15, 0.2) is 18.2 Å². The van der Waals surface area contributed by atoms with Gasteiger partial charge >= 0.3 is 0 Å². The van der Waals surface area contributed by atoms with Crippen LogP contribution >= 0.6 is 0 Å². The molecule has 0 aromatic heterocycles. The van der Waals surface area contributed by atoms with Crippen LogP contribution in [-0.4, -0.2) is 30.1 Å². The van der Waals surface area contributed by atoms with E-state index in [0.717, 1.165) is 36.9 Å². The van der Waals surface area contributed by atoms with Gasteiger partial charge in [0.1, 0.15) is 0 Å². The zero-order chi connectivity index (χ0) is 14.9. The van der Waals surface area contributed by atoms with E-state index in [1.807, 2.05) is 0 Å². The first-order valence-electron chi connectivity index (χ1n) is 7.44. The Labute approximate surface area is 123 Å². The maximum Gasteiger partial charge on any atom is 0.251 e. The number of carbonyl (C=O) groups is 2. The second-order valence-electron chi connectivity index (χ2n) is 6.14. The molecule has 112 valence electrons. The Morgan fingerprint density at radius 3 is 2.81 bits per heavy atom. The summed E-state index contributed by atoms with van der Waals surface area (Å²) < 4.78 is 0. The van der Waals surface area contributed by atoms with Crippen molar-refractivity contribution >= 4 is 17.5 Å². The van der Waals surface area contributed by atoms with Crippen LogP contribution in [0.25, 0.3) is 0 Å². The summed E-state index contributed by atoms with van der Waals surface area (Å²) in [6.07, 6.45) is 4.49. The lowest BCUT2D eigenvalue weighted by Gasteiger charge is -2.26. The minimum absolute atomic E-state index is 0.0345. The van der Waals surface area contributed by atoms with Gasteiger partial charge in [0.2, 0.25) is 5.91 Å². The smallest absolute Gasteiger partial charge is 0.251 e. The Morgan fingerprint density at radius 1 is 1.33 bits per heavy atom. The molecule has 1 aromatic carbocycles. The summed E-state index contributed by atoms with van der Waals surface area (Å²) in [5.74, 6) is -0.176. The Kier molecular flexibility index (Phi) is 3.68. The van der Waals surface area contributed by atoms with Crippen molar-refractivity contribution in [2.24, 2.45) is 5.41 Å². The number of fused-ring (bicyclic) bond motifs is 1. The van der Waals surface area contributed by atoms with Crippen molar-refractivity contribution in [3.05, 3.63) is 29.3 Å². The van der Waals surface area contributed by atoms with E-state index >= 15 is 0 Å². The third-order valence-electron chi connectivity index (χ3n) is 4.62. The second-order valence-corrected chi connectivity index (χ2v) is 6.14. The number of aliphatic hydroxyl groups excluding tert-OH is 1. The molecule has 0 spiro atoms. The minimum Gasteiger partial charge on any atom is -0.396 e. The number of nitrogens with one attached hydrogen (secondary N) is 2. The first-order valence-corrected chi connectivity index (χ1v) is 7.44. The van der Waals surface area contributed by atoms with Gasteiger partial charge in [0.15, 0.2) is 0 Å². The molecule has 0 saturated heterocycles. The number of hydrogen-bond acceptors (Lipinski definition) is 3. The third kappa shape index (κ3) is 2.78. The Hall–Kier alpha value is -1.88. The monoisotopic (exact) mass is 288 g/mol. The topological polar surface area (TPSA) is 78.4 Å². The standard InChI is InChI=1S/C16H20N2O3/c19-10-16(5-1-2-6-16)9-17-15(21)11-3-4-13-12(7-11)8-14(20)18-13/h3-4,7,19H,1-2,5-6,8-10H2,(H,17,21)(H,18,20). The highest BCUT2D eigenvalue weighted by Gasteiger charge is 2.33. The molecule has 0 radical (unpaired) electrons. The van der Waals surface area contributed by atoms with Crippen molar-refractivity contribution < 1.29 is 14.7 Å². The average Bonchev–Trinajstić information content (AvgIpc) is 3.09. The highest BCUT2D eigenvalue weighted by molar-refractivity contribution is 6.01. The molecule has 3 rings (SSSR count). The van der Waals surface area contributed by atoms with Crippen molar-refractivity contribution in [2.75, 3.05) is 18.5 Å². The van der Waals surface area contributed by atoms with E-state index in [9.17, 15) is 14.7 Å². The fourth-order valence-corrected chi connectivity index (χ4v) is 3.26. The fraction of sp³-hybridized carbons (Fsp3) is 0.500. The van der Waals surface area contributed by atoms with E-state index < -0.39 is 0 Å². The number of amides is 2. The SMILES string of the molecule is O=C1Cc2cc(C(=O)NCC3(CO)CCCC3)ccc2N1. The predicted octanol–water partition coefficient (Wildman–Crippen LogP) is 1.46. The van der Waals surface area contributed by atoms with Crippen molar-refractivity contribution in [2.45, 2.75) is 32.1 Å². The summed E-state index contributed by atoms with van der Waals surface area (Å²) in [5.41, 5.74) is 2.07. The van der Waals surface area contributed by atoms with E-state index in [0.29, 0.717) is 18.5 Å². The molecule has 1 fully saturated rings. The van der Waals surface area contributed by atoms with Gasteiger partial charge in [-0.25, -0.2) is 0 Å². The minimum atomic E-state index is -0.149. The van der Waals surface area contributed by atoms with Crippen molar-refractivity contribution in [1.82, 2.24) is 5.32 Å². The molecule has 0 atom stereocenters. The van der Waals surface area contributed by atoms with Crippen LogP contribution in [0, 0.1) is 5.41 Å². The molecule has 0 unspecified atom stereocenters. The maximum atomic E-state index is 12.2. The molecular weight excluding hydrogens is 268 g/mol. The summed E-state index contributed by atoms with van der Waals surface area (Å²) in [5, 5.41) is 15.2. The number of aliphatic hydroxyl groups is 1. The molecule has 1 saturated carbocycles. The van der Waals surface area contributed by atoms with Crippen LogP contribution in [0.5, 0.6) is 0 Å². The molecule has 2 aliphatic rings. The highest BCUT2D eigenvalue weighted by Crippen LogP contribution is 2.37. The van der Waals surface area contributed by atoms with E-state index in [1.54, 1.807) is 18.2 Å². The summed E-state index contributed by atoms with van der Waals surface area (Å²) in [6, 6.07) is 5.26. The third-order valence-corrected chi connectivity index (χ3v) is 4.62. The number of benzene rings is 1. The van der Waals surface area contributed by atoms with Gasteiger partial charge in [-0.15, -0.1) is 0 Å². The van der Waals surface area contributed by atoms with Crippen molar-refractivity contribution in [1.29, 1.82) is 0 Å². The first-order chi connectivity index (χ1) is 10.1. The van der Waals surface area contributed by atoms with Crippen LogP contribution in [0.1, 0.15) is 41.6 Å². The van der Waals surface area contributed by atoms with Gasteiger partial charge in [0.05, 0.1) is 13.0 Å². The molecule has 3 N–H and O–H groups in total. The van der Waals surface area contributed by atoms with Gasteiger partial charge in [-0.1, -0.05) is 12.8 Å². The lowest BCUT2D eigenvalue weighted by molar-refractivity contribution is -0.115. The fourth-order valence-electron chi connectivity index (χ4n) is 3.26. The molecule has 5 heteroatoms. The predicted molar refractivity (Wildman–Crippen MR) is 79.1 cm³/mol. The van der Waals surface area contributed by atoms with Crippen LogP contribution in [0.2, 0.25) is 0 Å². The van der Waals surface area contributed by atoms with Crippen molar-refractivity contribution in [3.63, 3.8) is 0 Å². The lowest BCUT2D eigenvalue weighted by Crippen LogP contribution is -2.38. The molecule has 1 aliphatic carbocycles. The highest BCUT2D eigenvalue weighted by atomic mass is 16.3. The molecule has 2 amide bonds.